The quantitative estimate of drug-likeness (QED) is 0.383. The lowest BCUT2D eigenvalue weighted by Crippen LogP contribution is -2.29. The Morgan fingerprint density at radius 1 is 0.971 bits per heavy atom. The molecule has 5 aromatic rings. The van der Waals surface area contributed by atoms with Crippen LogP contribution in [-0.4, -0.2) is 20.1 Å². The van der Waals surface area contributed by atoms with Crippen molar-refractivity contribution in [3.63, 3.8) is 0 Å². The number of aromatic amines is 1. The first-order chi connectivity index (χ1) is 17.1. The van der Waals surface area contributed by atoms with Gasteiger partial charge in [-0.3, -0.25) is 0 Å². The van der Waals surface area contributed by atoms with Crippen molar-refractivity contribution in [2.45, 2.75) is 12.2 Å². The molecule has 166 valence electrons. The molecule has 35 heavy (non-hydrogen) atoms. The highest BCUT2D eigenvalue weighted by Gasteiger charge is 2.36. The van der Waals surface area contributed by atoms with Gasteiger partial charge in [-0.1, -0.05) is 24.3 Å². The number of nitrogens with zero attached hydrogens (tertiary/aromatic N) is 4. The Hall–Kier alpha value is -4.98. The van der Waals surface area contributed by atoms with Crippen molar-refractivity contribution in [3.8, 4) is 29.0 Å². The third-order valence-electron chi connectivity index (χ3n) is 6.41. The second-order valence-electron chi connectivity index (χ2n) is 8.37. The molecule has 0 aliphatic carbocycles. The molecular formula is C28H17N5O2. The second kappa shape index (κ2) is 7.81. The van der Waals surface area contributed by atoms with Crippen LogP contribution in [0.25, 0.3) is 22.0 Å². The summed E-state index contributed by atoms with van der Waals surface area (Å²) < 4.78 is 6.08. The van der Waals surface area contributed by atoms with E-state index in [0.29, 0.717) is 44.9 Å². The van der Waals surface area contributed by atoms with Crippen LogP contribution in [0.1, 0.15) is 33.6 Å². The standard InChI is InChI=1S/C28H17N5O2/c29-12-18-4-5-20-8-19(18)15-35-23-3-1-2-17(9-23)24-11-22(13-30)33-26-7-6-21(10-25(24)26)28(20,34)27-14-31-16-32-27/h1-11,14,16,34H,15H2,(H,31,32)/t28-/m1/s1. The third kappa shape index (κ3) is 3.23. The number of hydrogen-bond acceptors (Lipinski definition) is 6. The van der Waals surface area contributed by atoms with Crippen LogP contribution >= 0.6 is 0 Å². The van der Waals surface area contributed by atoms with Gasteiger partial charge in [0, 0.05) is 10.9 Å². The van der Waals surface area contributed by atoms with E-state index >= 15 is 0 Å². The number of aromatic nitrogens is 3. The number of fused-ring (bicyclic) bond motifs is 6. The number of H-pyrrole nitrogens is 1. The summed E-state index contributed by atoms with van der Waals surface area (Å²) in [6.45, 7) is 0.145. The number of nitriles is 2. The number of nitrogens with one attached hydrogen (secondary N) is 1. The zero-order valence-electron chi connectivity index (χ0n) is 18.4. The number of benzene rings is 3. The molecule has 1 atom stereocenters. The van der Waals surface area contributed by atoms with Gasteiger partial charge in [0.05, 0.1) is 35.4 Å². The molecule has 2 N–H and O–H groups in total. The minimum Gasteiger partial charge on any atom is -0.489 e. The molecule has 2 aromatic heterocycles. The van der Waals surface area contributed by atoms with E-state index in [1.54, 1.807) is 42.6 Å². The van der Waals surface area contributed by atoms with Crippen molar-refractivity contribution in [3.05, 3.63) is 113 Å². The van der Waals surface area contributed by atoms with Gasteiger partial charge >= 0.3 is 0 Å². The van der Waals surface area contributed by atoms with Gasteiger partial charge in [0.25, 0.3) is 0 Å². The average Bonchev–Trinajstić information content (AvgIpc) is 3.46. The lowest BCUT2D eigenvalue weighted by molar-refractivity contribution is 0.121. The van der Waals surface area contributed by atoms with E-state index in [1.807, 2.05) is 30.3 Å². The molecule has 3 heterocycles. The maximum atomic E-state index is 12.3. The molecule has 6 rings (SSSR count). The molecule has 0 saturated heterocycles. The van der Waals surface area contributed by atoms with Crippen molar-refractivity contribution in [2.24, 2.45) is 0 Å². The fourth-order valence-electron chi connectivity index (χ4n) is 4.64. The highest BCUT2D eigenvalue weighted by atomic mass is 16.5. The molecule has 6 bridgehead atoms. The summed E-state index contributed by atoms with van der Waals surface area (Å²) in [4.78, 5) is 11.7. The third-order valence-corrected chi connectivity index (χ3v) is 6.41. The average molecular weight is 455 g/mol. The maximum absolute atomic E-state index is 12.3. The molecule has 0 radical (unpaired) electrons. The number of ether oxygens (including phenoxy) is 1. The van der Waals surface area contributed by atoms with Crippen LogP contribution in [-0.2, 0) is 12.2 Å². The number of aliphatic hydroxyl groups is 1. The Bertz CT molecular complexity index is 1700. The number of pyridine rings is 1. The first-order valence-corrected chi connectivity index (χ1v) is 10.9. The molecule has 7 heteroatoms. The monoisotopic (exact) mass is 455 g/mol. The topological polar surface area (TPSA) is 119 Å². The smallest absolute Gasteiger partial charge is 0.156 e. The minimum absolute atomic E-state index is 0.145. The zero-order chi connectivity index (χ0) is 24.0. The first kappa shape index (κ1) is 20.6. The van der Waals surface area contributed by atoms with Crippen LogP contribution in [0.15, 0.2) is 79.3 Å². The number of rotatable bonds is 1. The van der Waals surface area contributed by atoms with E-state index in [1.165, 1.54) is 6.33 Å². The second-order valence-corrected chi connectivity index (χ2v) is 8.37. The van der Waals surface area contributed by atoms with E-state index in [9.17, 15) is 15.6 Å². The summed E-state index contributed by atoms with van der Waals surface area (Å²) in [5, 5.41) is 32.3. The summed E-state index contributed by atoms with van der Waals surface area (Å²) in [6, 6.07) is 24.4. The van der Waals surface area contributed by atoms with Gasteiger partial charge in [-0.15, -0.1) is 0 Å². The molecule has 1 aliphatic rings. The predicted octanol–water partition coefficient (Wildman–Crippen LogP) is 4.54. The molecule has 7 nitrogen and oxygen atoms in total. The van der Waals surface area contributed by atoms with Gasteiger partial charge in [-0.2, -0.15) is 10.5 Å². The van der Waals surface area contributed by atoms with E-state index in [0.717, 1.165) is 16.5 Å². The van der Waals surface area contributed by atoms with Crippen LogP contribution < -0.4 is 4.74 Å². The van der Waals surface area contributed by atoms with Gasteiger partial charge in [0.1, 0.15) is 24.1 Å². The van der Waals surface area contributed by atoms with Crippen molar-refractivity contribution in [2.75, 3.05) is 0 Å². The fraction of sp³-hybridized carbons (Fsp3) is 0.0714. The van der Waals surface area contributed by atoms with Crippen LogP contribution in [0.2, 0.25) is 0 Å². The van der Waals surface area contributed by atoms with E-state index in [4.69, 9.17) is 4.74 Å². The molecule has 0 fully saturated rings. The Morgan fingerprint density at radius 3 is 2.63 bits per heavy atom. The van der Waals surface area contributed by atoms with Gasteiger partial charge in [0.15, 0.2) is 5.60 Å². The largest absolute Gasteiger partial charge is 0.489 e. The lowest BCUT2D eigenvalue weighted by Gasteiger charge is -2.29. The molecule has 1 aliphatic heterocycles. The Balaban J connectivity index is 1.73. The van der Waals surface area contributed by atoms with Gasteiger partial charge in [0.2, 0.25) is 0 Å². The molecule has 0 unspecified atom stereocenters. The summed E-state index contributed by atoms with van der Waals surface area (Å²) in [5.74, 6) is 0.625. The minimum atomic E-state index is -1.59. The van der Waals surface area contributed by atoms with Crippen LogP contribution in [0.5, 0.6) is 5.75 Å². The summed E-state index contributed by atoms with van der Waals surface area (Å²) in [7, 11) is 0. The number of hydrogen-bond donors (Lipinski definition) is 2. The molecule has 0 amide bonds. The van der Waals surface area contributed by atoms with Crippen LogP contribution in [0.4, 0.5) is 0 Å². The van der Waals surface area contributed by atoms with Crippen molar-refractivity contribution >= 4 is 10.9 Å². The van der Waals surface area contributed by atoms with E-state index < -0.39 is 5.60 Å². The van der Waals surface area contributed by atoms with Gasteiger partial charge in [-0.05, 0) is 64.7 Å². The highest BCUT2D eigenvalue weighted by Crippen LogP contribution is 2.40. The predicted molar refractivity (Wildman–Crippen MR) is 128 cm³/mol. The molecular weight excluding hydrogens is 438 g/mol. The summed E-state index contributed by atoms with van der Waals surface area (Å²) >= 11 is 0. The lowest BCUT2D eigenvalue weighted by atomic mass is 9.81. The normalized spacial score (nSPS) is 16.3. The Labute approximate surface area is 200 Å². The zero-order valence-corrected chi connectivity index (χ0v) is 18.4. The Kier molecular flexibility index (Phi) is 4.60. The molecule has 3 aromatic carbocycles. The van der Waals surface area contributed by atoms with Crippen molar-refractivity contribution < 1.29 is 9.84 Å². The van der Waals surface area contributed by atoms with Gasteiger partial charge in [-0.25, -0.2) is 9.97 Å². The van der Waals surface area contributed by atoms with E-state index in [-0.39, 0.29) is 6.61 Å². The summed E-state index contributed by atoms with van der Waals surface area (Å²) in [5.41, 5.74) is 3.74. The Morgan fingerprint density at radius 2 is 1.83 bits per heavy atom. The fourth-order valence-corrected chi connectivity index (χ4v) is 4.64. The molecule has 0 saturated carbocycles. The number of imidazole rings is 1. The van der Waals surface area contributed by atoms with Crippen molar-refractivity contribution in [1.29, 1.82) is 10.5 Å². The van der Waals surface area contributed by atoms with Gasteiger partial charge < -0.3 is 14.8 Å². The summed E-state index contributed by atoms with van der Waals surface area (Å²) in [6.07, 6.45) is 3.10. The van der Waals surface area contributed by atoms with E-state index in [2.05, 4.69) is 27.1 Å². The SMILES string of the molecule is N#Cc1cc2c3cc(ccc3n1)[C@@](O)(c1cnc[nH]1)c1ccc(C#N)c(c1)COc1cccc-2c1. The molecule has 0 spiro atoms. The maximum Gasteiger partial charge on any atom is 0.156 e. The first-order valence-electron chi connectivity index (χ1n) is 10.9. The van der Waals surface area contributed by atoms with Crippen LogP contribution in [0.3, 0.4) is 0 Å². The van der Waals surface area contributed by atoms with Crippen molar-refractivity contribution in [1.82, 2.24) is 15.0 Å². The van der Waals surface area contributed by atoms with Crippen LogP contribution in [0, 0.1) is 22.7 Å². The highest BCUT2D eigenvalue weighted by molar-refractivity contribution is 5.96.